The minimum atomic E-state index is 0. The van der Waals surface area contributed by atoms with Crippen LogP contribution >= 0.6 is 0 Å². The molecule has 1 saturated heterocycles. The Morgan fingerprint density at radius 1 is 0.512 bits per heavy atom. The van der Waals surface area contributed by atoms with Crippen molar-refractivity contribution in [1.82, 2.24) is 0 Å². The van der Waals surface area contributed by atoms with Gasteiger partial charge in [-0.2, -0.15) is 0 Å². The standard InChI is InChI=1S/C14H24O.2C10H15.C4H8O.Sm/c1-10-11(2)13(4)14(5,12(10)3)8-6-7-9-15;2*1-6-7(2)9(4)10(5)8(6)3;1-2-4-5-3-1;/h15H,6-9H2,1-5H3;2*1-5H3;1-4H2;. The van der Waals surface area contributed by atoms with E-state index in [2.05, 4.69) is 104 Å². The summed E-state index contributed by atoms with van der Waals surface area (Å²) < 4.78 is 4.94. The van der Waals surface area contributed by atoms with E-state index in [-0.39, 0.29) is 45.8 Å². The third kappa shape index (κ3) is 10.7. The van der Waals surface area contributed by atoms with E-state index >= 15 is 0 Å². The molecule has 1 N–H and O–H groups in total. The van der Waals surface area contributed by atoms with Gasteiger partial charge >= 0.3 is 0 Å². The average molecular weight is 701 g/mol. The van der Waals surface area contributed by atoms with Crippen molar-refractivity contribution in [3.63, 3.8) is 0 Å². The van der Waals surface area contributed by atoms with Crippen molar-refractivity contribution in [3.8, 4) is 0 Å². The SMILES string of the molecule is C1CCOC1.CC1=C(C)C(C)(CCCCO)C(C)=C1C.C[C]1[C](C)[C](C)[C](C)[C]1C.C[C]1[C](C)[C](C)[C](C)[C]1C.[Sm]. The van der Waals surface area contributed by atoms with Crippen LogP contribution in [0.5, 0.6) is 0 Å². The molecule has 2 nitrogen and oxygen atoms in total. The Balaban J connectivity index is 0.000000544. The molecule has 4 rings (SSSR count). The first-order valence-electron chi connectivity index (χ1n) is 15.5. The molecule has 232 valence electrons. The van der Waals surface area contributed by atoms with Gasteiger partial charge in [0.25, 0.3) is 0 Å². The van der Waals surface area contributed by atoms with Gasteiger partial charge in [-0.25, -0.2) is 0 Å². The maximum absolute atomic E-state index is 8.84. The Kier molecular flexibility index (Phi) is 19.6. The molecule has 2 saturated carbocycles. The van der Waals surface area contributed by atoms with E-state index < -0.39 is 0 Å². The summed E-state index contributed by atoms with van der Waals surface area (Å²) in [5, 5.41) is 8.84. The van der Waals surface area contributed by atoms with E-state index in [1.54, 1.807) is 0 Å². The molecule has 0 aromatic rings. The van der Waals surface area contributed by atoms with E-state index in [1.807, 2.05) is 0 Å². The number of aliphatic hydroxyl groups is 1. The van der Waals surface area contributed by atoms with E-state index in [0.717, 1.165) is 26.1 Å². The molecule has 1 aliphatic heterocycles. The predicted molar refractivity (Wildman–Crippen MR) is 175 cm³/mol. The second-order valence-corrected chi connectivity index (χ2v) is 12.6. The maximum atomic E-state index is 8.84. The van der Waals surface area contributed by atoms with Gasteiger partial charge in [-0.3, -0.25) is 0 Å². The molecule has 4 aliphatic rings. The van der Waals surface area contributed by atoms with E-state index in [0.29, 0.717) is 6.61 Å². The summed E-state index contributed by atoms with van der Waals surface area (Å²) in [6.07, 6.45) is 5.76. The predicted octanol–water partition coefficient (Wildman–Crippen LogP) is 10.6. The first-order chi connectivity index (χ1) is 18.6. The van der Waals surface area contributed by atoms with Crippen molar-refractivity contribution in [1.29, 1.82) is 0 Å². The van der Waals surface area contributed by atoms with Crippen molar-refractivity contribution in [3.05, 3.63) is 81.5 Å². The molecular weight excluding hydrogens is 639 g/mol. The van der Waals surface area contributed by atoms with Gasteiger partial charge in [0.05, 0.1) is 0 Å². The zero-order valence-corrected chi connectivity index (χ0v) is 32.0. The number of aliphatic hydroxyl groups excluding tert-OH is 1. The van der Waals surface area contributed by atoms with Crippen LogP contribution in [0.3, 0.4) is 0 Å². The van der Waals surface area contributed by atoms with Crippen LogP contribution in [0.15, 0.2) is 22.3 Å². The zero-order chi connectivity index (χ0) is 30.9. The fourth-order valence-corrected chi connectivity index (χ4v) is 5.96. The van der Waals surface area contributed by atoms with E-state index in [9.17, 15) is 0 Å². The Bertz CT molecular complexity index is 658. The van der Waals surface area contributed by atoms with Gasteiger partial charge in [0, 0.05) is 65.6 Å². The van der Waals surface area contributed by atoms with Crippen molar-refractivity contribution in [2.75, 3.05) is 19.8 Å². The largest absolute Gasteiger partial charge is 0.396 e. The molecule has 0 amide bonds. The fraction of sp³-hybridized carbons (Fsp3) is 0.632. The number of hydrogen-bond acceptors (Lipinski definition) is 2. The van der Waals surface area contributed by atoms with Crippen molar-refractivity contribution >= 4 is 0 Å². The zero-order valence-electron chi connectivity index (χ0n) is 29.4. The molecule has 3 fully saturated rings. The Labute approximate surface area is 290 Å². The molecule has 10 radical (unpaired) electrons. The third-order valence-electron chi connectivity index (χ3n) is 10.9. The molecule has 0 aromatic heterocycles. The van der Waals surface area contributed by atoms with Crippen LogP contribution in [-0.2, 0) is 4.74 Å². The molecule has 3 aliphatic carbocycles. The molecule has 41 heavy (non-hydrogen) atoms. The summed E-state index contributed by atoms with van der Waals surface area (Å²) in [6, 6.07) is 0. The molecule has 0 aromatic carbocycles. The van der Waals surface area contributed by atoms with Gasteiger partial charge in [0.1, 0.15) is 0 Å². The second-order valence-electron chi connectivity index (χ2n) is 12.6. The first-order valence-corrected chi connectivity index (χ1v) is 15.5. The minimum Gasteiger partial charge on any atom is -0.396 e. The van der Waals surface area contributed by atoms with Gasteiger partial charge in [-0.1, -0.05) is 87.3 Å². The van der Waals surface area contributed by atoms with Crippen LogP contribution in [0.1, 0.15) is 136 Å². The number of rotatable bonds is 4. The molecular formula is C38H62O2Sm. The van der Waals surface area contributed by atoms with E-state index in [4.69, 9.17) is 9.84 Å². The second kappa shape index (κ2) is 19.3. The number of hydrogen-bond donors (Lipinski definition) is 1. The normalized spacial score (nSPS) is 24.3. The Hall–Kier alpha value is 0.738. The Morgan fingerprint density at radius 2 is 0.780 bits per heavy atom. The summed E-state index contributed by atoms with van der Waals surface area (Å²) in [6.45, 7) is 35.6. The third-order valence-corrected chi connectivity index (χ3v) is 10.9. The monoisotopic (exact) mass is 702 g/mol. The summed E-state index contributed by atoms with van der Waals surface area (Å²) >= 11 is 0. The van der Waals surface area contributed by atoms with Crippen LogP contribution < -0.4 is 0 Å². The maximum Gasteiger partial charge on any atom is 0.0466 e. The molecule has 0 bridgehead atoms. The van der Waals surface area contributed by atoms with Crippen molar-refractivity contribution in [2.45, 2.75) is 136 Å². The summed E-state index contributed by atoms with van der Waals surface area (Å²) in [5.74, 6) is 14.7. The van der Waals surface area contributed by atoms with Gasteiger partial charge < -0.3 is 9.84 Å². The van der Waals surface area contributed by atoms with Gasteiger partial charge in [0.15, 0.2) is 0 Å². The quantitative estimate of drug-likeness (QED) is 0.296. The number of unbranched alkanes of at least 4 members (excludes halogenated alkanes) is 1. The number of allylic oxidation sites excluding steroid dienone is 4. The van der Waals surface area contributed by atoms with Crippen LogP contribution in [-0.4, -0.2) is 24.9 Å². The fourth-order valence-electron chi connectivity index (χ4n) is 5.96. The van der Waals surface area contributed by atoms with Crippen LogP contribution in [0.2, 0.25) is 0 Å². The Morgan fingerprint density at radius 3 is 0.976 bits per heavy atom. The molecule has 0 spiro atoms. The van der Waals surface area contributed by atoms with Crippen LogP contribution in [0, 0.1) is 105 Å². The van der Waals surface area contributed by atoms with Gasteiger partial charge in [-0.15, -0.1) is 0 Å². The number of ether oxygens (including phenoxy) is 1. The van der Waals surface area contributed by atoms with E-state index in [1.165, 1.54) is 101 Å². The van der Waals surface area contributed by atoms with Crippen LogP contribution in [0.4, 0.5) is 0 Å². The molecule has 3 heteroatoms. The summed E-state index contributed by atoms with van der Waals surface area (Å²) in [4.78, 5) is 0. The van der Waals surface area contributed by atoms with Crippen molar-refractivity contribution in [2.24, 2.45) is 5.41 Å². The van der Waals surface area contributed by atoms with Crippen molar-refractivity contribution < 1.29 is 50.2 Å². The van der Waals surface area contributed by atoms with Gasteiger partial charge in [0.2, 0.25) is 0 Å². The summed E-state index contributed by atoms with van der Waals surface area (Å²) in [5.41, 5.74) is 6.24. The smallest absolute Gasteiger partial charge is 0.0466 e. The average Bonchev–Trinajstić information content (AvgIpc) is 3.66. The first kappa shape index (κ1) is 41.7. The summed E-state index contributed by atoms with van der Waals surface area (Å²) in [7, 11) is 0. The molecule has 1 heterocycles. The minimum absolute atomic E-state index is 0. The van der Waals surface area contributed by atoms with Crippen LogP contribution in [0.25, 0.3) is 0 Å². The van der Waals surface area contributed by atoms with Gasteiger partial charge in [-0.05, 0) is 130 Å². The molecule has 0 unspecified atom stereocenters. The molecule has 0 atom stereocenters. The topological polar surface area (TPSA) is 29.5 Å².